The smallest absolute Gasteiger partial charge is 0.328 e. The molecule has 0 saturated carbocycles. The molecule has 110 valence electrons. The number of aromatic nitrogens is 2. The summed E-state index contributed by atoms with van der Waals surface area (Å²) in [7, 11) is 3.00. The molecule has 0 fully saturated rings. The van der Waals surface area contributed by atoms with Gasteiger partial charge in [-0.15, -0.1) is 0 Å². The van der Waals surface area contributed by atoms with Crippen molar-refractivity contribution in [2.24, 2.45) is 4.99 Å². The number of nitrogens with one attached hydrogen (secondary N) is 2. The van der Waals surface area contributed by atoms with Crippen LogP contribution in [0.1, 0.15) is 5.56 Å². The first-order valence-electron chi connectivity index (χ1n) is 5.86. The molecule has 0 aliphatic carbocycles. The second kappa shape index (κ2) is 5.95. The van der Waals surface area contributed by atoms with Crippen molar-refractivity contribution in [2.45, 2.75) is 0 Å². The first-order chi connectivity index (χ1) is 10.0. The van der Waals surface area contributed by atoms with E-state index in [1.165, 1.54) is 14.2 Å². The SMILES string of the molecule is COc1cc(N=Cc2c(O)[nH]c(=O)[nH]c2=O)cc(OC)c1. The normalized spacial score (nSPS) is 10.8. The number of rotatable bonds is 4. The molecule has 0 bridgehead atoms. The van der Waals surface area contributed by atoms with E-state index in [-0.39, 0.29) is 5.56 Å². The maximum absolute atomic E-state index is 11.6. The molecule has 0 aliphatic heterocycles. The van der Waals surface area contributed by atoms with Crippen molar-refractivity contribution in [3.63, 3.8) is 0 Å². The van der Waals surface area contributed by atoms with Crippen LogP contribution in [0.3, 0.4) is 0 Å². The van der Waals surface area contributed by atoms with E-state index in [9.17, 15) is 14.7 Å². The summed E-state index contributed by atoms with van der Waals surface area (Å²) in [6.45, 7) is 0. The van der Waals surface area contributed by atoms with Crippen LogP contribution in [-0.2, 0) is 0 Å². The standard InChI is InChI=1S/C13H13N3O5/c1-20-8-3-7(4-9(5-8)21-2)14-6-10-11(17)15-13(19)16-12(10)18/h3-6H,1-2H3,(H3,15,16,17,18,19). The Hall–Kier alpha value is -3.03. The van der Waals surface area contributed by atoms with Gasteiger partial charge in [-0.05, 0) is 0 Å². The largest absolute Gasteiger partial charge is 0.497 e. The Labute approximate surface area is 118 Å². The number of aromatic amines is 2. The lowest BCUT2D eigenvalue weighted by molar-refractivity contribution is 0.394. The van der Waals surface area contributed by atoms with Crippen LogP contribution in [0.5, 0.6) is 17.4 Å². The van der Waals surface area contributed by atoms with Gasteiger partial charge in [0.2, 0.25) is 5.88 Å². The van der Waals surface area contributed by atoms with E-state index in [1.807, 2.05) is 4.98 Å². The molecule has 2 rings (SSSR count). The minimum Gasteiger partial charge on any atom is -0.497 e. The molecule has 21 heavy (non-hydrogen) atoms. The summed E-state index contributed by atoms with van der Waals surface area (Å²) < 4.78 is 10.2. The van der Waals surface area contributed by atoms with Gasteiger partial charge in [-0.1, -0.05) is 0 Å². The lowest BCUT2D eigenvalue weighted by atomic mass is 10.2. The zero-order valence-corrected chi connectivity index (χ0v) is 11.3. The molecule has 2 aromatic rings. The number of aromatic hydroxyl groups is 1. The fraction of sp³-hybridized carbons (Fsp3) is 0.154. The molecule has 1 aromatic carbocycles. The molecule has 3 N–H and O–H groups in total. The number of nitrogens with zero attached hydrogens (tertiary/aromatic N) is 1. The first-order valence-corrected chi connectivity index (χ1v) is 5.86. The van der Waals surface area contributed by atoms with E-state index < -0.39 is 17.1 Å². The van der Waals surface area contributed by atoms with Gasteiger partial charge in [-0.2, -0.15) is 0 Å². The van der Waals surface area contributed by atoms with Gasteiger partial charge >= 0.3 is 5.69 Å². The van der Waals surface area contributed by atoms with Gasteiger partial charge in [0, 0.05) is 24.4 Å². The van der Waals surface area contributed by atoms with Gasteiger partial charge in [0.05, 0.1) is 19.9 Å². The van der Waals surface area contributed by atoms with Crippen LogP contribution < -0.4 is 20.7 Å². The number of methoxy groups -OCH3 is 2. The molecular weight excluding hydrogens is 278 g/mol. The monoisotopic (exact) mass is 291 g/mol. The Morgan fingerprint density at radius 2 is 1.71 bits per heavy atom. The van der Waals surface area contributed by atoms with Crippen LogP contribution in [-0.4, -0.2) is 35.5 Å². The van der Waals surface area contributed by atoms with Gasteiger partial charge in [-0.25, -0.2) is 4.79 Å². The van der Waals surface area contributed by atoms with Gasteiger partial charge in [0.15, 0.2) is 0 Å². The minimum absolute atomic E-state index is 0.156. The summed E-state index contributed by atoms with van der Waals surface area (Å²) in [6.07, 6.45) is 1.14. The summed E-state index contributed by atoms with van der Waals surface area (Å²) in [4.78, 5) is 30.6. The Kier molecular flexibility index (Phi) is 4.07. The number of hydrogen-bond acceptors (Lipinski definition) is 6. The molecule has 0 saturated heterocycles. The Balaban J connectivity index is 2.42. The number of hydrogen-bond donors (Lipinski definition) is 3. The van der Waals surface area contributed by atoms with E-state index in [2.05, 4.69) is 9.98 Å². The average molecular weight is 291 g/mol. The second-order valence-electron chi connectivity index (χ2n) is 4.00. The summed E-state index contributed by atoms with van der Waals surface area (Å²) in [5, 5.41) is 9.54. The molecular formula is C13H13N3O5. The predicted octanol–water partition coefficient (Wildman–Crippen LogP) is 0.537. The predicted molar refractivity (Wildman–Crippen MR) is 76.1 cm³/mol. The van der Waals surface area contributed by atoms with Crippen LogP contribution in [0.25, 0.3) is 0 Å². The third-order valence-electron chi connectivity index (χ3n) is 2.64. The van der Waals surface area contributed by atoms with Crippen molar-refractivity contribution in [1.82, 2.24) is 9.97 Å². The van der Waals surface area contributed by atoms with Crippen molar-refractivity contribution in [1.29, 1.82) is 0 Å². The molecule has 0 spiro atoms. The van der Waals surface area contributed by atoms with Crippen LogP contribution >= 0.6 is 0 Å². The molecule has 0 unspecified atom stereocenters. The van der Waals surface area contributed by atoms with Crippen molar-refractivity contribution < 1.29 is 14.6 Å². The maximum Gasteiger partial charge on any atom is 0.328 e. The van der Waals surface area contributed by atoms with Gasteiger partial charge in [0.25, 0.3) is 5.56 Å². The number of ether oxygens (including phenoxy) is 2. The van der Waals surface area contributed by atoms with Gasteiger partial charge < -0.3 is 14.6 Å². The van der Waals surface area contributed by atoms with Crippen molar-refractivity contribution in [3.05, 3.63) is 44.6 Å². The minimum atomic E-state index is -0.794. The lowest BCUT2D eigenvalue weighted by Crippen LogP contribution is -2.24. The summed E-state index contributed by atoms with van der Waals surface area (Å²) in [6, 6.07) is 4.91. The highest BCUT2D eigenvalue weighted by molar-refractivity contribution is 5.84. The first kappa shape index (κ1) is 14.4. The third-order valence-corrected chi connectivity index (χ3v) is 2.64. The second-order valence-corrected chi connectivity index (χ2v) is 4.00. The van der Waals surface area contributed by atoms with Crippen molar-refractivity contribution in [2.75, 3.05) is 14.2 Å². The molecule has 8 heteroatoms. The van der Waals surface area contributed by atoms with Crippen LogP contribution in [0.4, 0.5) is 5.69 Å². The molecule has 1 heterocycles. The molecule has 0 radical (unpaired) electrons. The Morgan fingerprint density at radius 3 is 2.24 bits per heavy atom. The summed E-state index contributed by atoms with van der Waals surface area (Å²) >= 11 is 0. The zero-order chi connectivity index (χ0) is 15.4. The Bertz CT molecular complexity index is 769. The van der Waals surface area contributed by atoms with Crippen LogP contribution in [0.15, 0.2) is 32.8 Å². The molecule has 1 aromatic heterocycles. The summed E-state index contributed by atoms with van der Waals surface area (Å²) in [5.41, 5.74) is -1.24. The van der Waals surface area contributed by atoms with Crippen molar-refractivity contribution in [3.8, 4) is 17.4 Å². The van der Waals surface area contributed by atoms with E-state index in [0.29, 0.717) is 17.2 Å². The van der Waals surface area contributed by atoms with E-state index in [1.54, 1.807) is 18.2 Å². The van der Waals surface area contributed by atoms with E-state index >= 15 is 0 Å². The number of aliphatic imine (C=N–C) groups is 1. The fourth-order valence-corrected chi connectivity index (χ4v) is 1.61. The highest BCUT2D eigenvalue weighted by atomic mass is 16.5. The highest BCUT2D eigenvalue weighted by Gasteiger charge is 2.06. The zero-order valence-electron chi connectivity index (χ0n) is 11.3. The third kappa shape index (κ3) is 3.30. The molecule has 8 nitrogen and oxygen atoms in total. The Morgan fingerprint density at radius 1 is 1.10 bits per heavy atom. The topological polar surface area (TPSA) is 117 Å². The average Bonchev–Trinajstić information content (AvgIpc) is 2.45. The van der Waals surface area contributed by atoms with Crippen LogP contribution in [0.2, 0.25) is 0 Å². The van der Waals surface area contributed by atoms with E-state index in [4.69, 9.17) is 9.47 Å². The maximum atomic E-state index is 11.6. The van der Waals surface area contributed by atoms with Crippen molar-refractivity contribution >= 4 is 11.9 Å². The quantitative estimate of drug-likeness (QED) is 0.711. The lowest BCUT2D eigenvalue weighted by Gasteiger charge is -2.05. The molecule has 0 atom stereocenters. The van der Waals surface area contributed by atoms with Gasteiger partial charge in [-0.3, -0.25) is 19.8 Å². The fourth-order valence-electron chi connectivity index (χ4n) is 1.61. The van der Waals surface area contributed by atoms with Crippen LogP contribution in [0, 0.1) is 0 Å². The van der Waals surface area contributed by atoms with Gasteiger partial charge in [0.1, 0.15) is 17.1 Å². The number of H-pyrrole nitrogens is 2. The molecule has 0 aliphatic rings. The number of benzene rings is 1. The summed E-state index contributed by atoms with van der Waals surface area (Å²) in [5.74, 6) is 0.504. The highest BCUT2D eigenvalue weighted by Crippen LogP contribution is 2.27. The van der Waals surface area contributed by atoms with E-state index in [0.717, 1.165) is 6.21 Å². The molecule has 0 amide bonds.